The monoisotopic (exact) mass is 262 g/mol. The van der Waals surface area contributed by atoms with E-state index in [0.717, 1.165) is 0 Å². The number of phenols is 1. The van der Waals surface area contributed by atoms with Gasteiger partial charge in [-0.3, -0.25) is 4.68 Å². The number of aromatic nitrogens is 2. The quantitative estimate of drug-likeness (QED) is 0.859. The number of phenolic OH excluding ortho intramolecular Hbond substituents is 1. The predicted molar refractivity (Wildman–Crippen MR) is 67.3 cm³/mol. The zero-order valence-corrected chi connectivity index (χ0v) is 10.4. The normalized spacial score (nSPS) is 10.4. The fourth-order valence-corrected chi connectivity index (χ4v) is 1.72. The number of rotatable bonds is 5. The van der Waals surface area contributed by atoms with E-state index >= 15 is 0 Å². The highest BCUT2D eigenvalue weighted by atomic mass is 16.5. The number of nitrogens with zero attached hydrogens (tertiary/aromatic N) is 2. The summed E-state index contributed by atoms with van der Waals surface area (Å²) >= 11 is 0. The van der Waals surface area contributed by atoms with E-state index in [0.29, 0.717) is 17.9 Å². The molecular weight excluding hydrogens is 248 g/mol. The van der Waals surface area contributed by atoms with Crippen molar-refractivity contribution < 1.29 is 19.7 Å². The van der Waals surface area contributed by atoms with Crippen LogP contribution in [0.15, 0.2) is 30.5 Å². The van der Waals surface area contributed by atoms with Crippen LogP contribution >= 0.6 is 0 Å². The Morgan fingerprint density at radius 2 is 2.05 bits per heavy atom. The van der Waals surface area contributed by atoms with Crippen LogP contribution in [0.1, 0.15) is 23.0 Å². The summed E-state index contributed by atoms with van der Waals surface area (Å²) < 4.78 is 6.88. The first-order valence-corrected chi connectivity index (χ1v) is 5.81. The summed E-state index contributed by atoms with van der Waals surface area (Å²) in [7, 11) is 0. The number of aryl methyl sites for hydroxylation is 1. The van der Waals surface area contributed by atoms with E-state index < -0.39 is 5.97 Å². The molecule has 0 fully saturated rings. The van der Waals surface area contributed by atoms with Gasteiger partial charge in [-0.15, -0.1) is 0 Å². The Bertz CT molecular complexity index is 575. The van der Waals surface area contributed by atoms with E-state index in [2.05, 4.69) is 5.10 Å². The van der Waals surface area contributed by atoms with Gasteiger partial charge in [0.05, 0.1) is 6.20 Å². The molecule has 0 radical (unpaired) electrons. The molecule has 0 aliphatic heterocycles. The number of hydrogen-bond donors (Lipinski definition) is 2. The van der Waals surface area contributed by atoms with Gasteiger partial charge in [0.25, 0.3) is 0 Å². The molecule has 1 heterocycles. The molecule has 100 valence electrons. The lowest BCUT2D eigenvalue weighted by molar-refractivity contribution is 0.0680. The highest BCUT2D eigenvalue weighted by Gasteiger charge is 2.17. The second kappa shape index (κ2) is 5.43. The van der Waals surface area contributed by atoms with Crippen LogP contribution in [0.2, 0.25) is 0 Å². The molecule has 2 N–H and O–H groups in total. The van der Waals surface area contributed by atoms with Crippen LogP contribution in [0.25, 0.3) is 0 Å². The Hall–Kier alpha value is -2.50. The lowest BCUT2D eigenvalue weighted by atomic mass is 10.2. The second-order valence-corrected chi connectivity index (χ2v) is 3.92. The first kappa shape index (κ1) is 12.9. The van der Waals surface area contributed by atoms with Gasteiger partial charge < -0.3 is 14.9 Å². The average molecular weight is 262 g/mol. The van der Waals surface area contributed by atoms with Crippen LogP contribution in [0.4, 0.5) is 0 Å². The van der Waals surface area contributed by atoms with Crippen molar-refractivity contribution >= 4 is 5.97 Å². The fraction of sp³-hybridized carbons (Fsp3) is 0.231. The number of carboxylic acids is 1. The summed E-state index contributed by atoms with van der Waals surface area (Å²) in [5.41, 5.74) is 0.656. The molecule has 0 spiro atoms. The molecule has 0 atom stereocenters. The minimum atomic E-state index is -1.02. The van der Waals surface area contributed by atoms with Gasteiger partial charge in [-0.1, -0.05) is 0 Å². The number of carbonyl (C=O) groups is 1. The molecule has 0 saturated heterocycles. The van der Waals surface area contributed by atoms with Crippen molar-refractivity contribution in [3.05, 3.63) is 41.7 Å². The molecule has 0 bridgehead atoms. The lowest BCUT2D eigenvalue weighted by Gasteiger charge is -2.06. The van der Waals surface area contributed by atoms with Crippen LogP contribution < -0.4 is 4.74 Å². The van der Waals surface area contributed by atoms with Crippen LogP contribution in [0.5, 0.6) is 11.5 Å². The fourth-order valence-electron chi connectivity index (χ4n) is 1.72. The Labute approximate surface area is 109 Å². The zero-order valence-electron chi connectivity index (χ0n) is 10.4. The van der Waals surface area contributed by atoms with Crippen LogP contribution in [-0.4, -0.2) is 26.0 Å². The molecule has 0 aliphatic carbocycles. The van der Waals surface area contributed by atoms with Crippen molar-refractivity contribution in [3.8, 4) is 11.5 Å². The number of aromatic carboxylic acids is 1. The SMILES string of the molecule is CCn1ncc(COc2ccc(O)cc2)c1C(=O)O. The van der Waals surface area contributed by atoms with Crippen LogP contribution in [-0.2, 0) is 13.2 Å². The van der Waals surface area contributed by atoms with Crippen LogP contribution in [0.3, 0.4) is 0 Å². The van der Waals surface area contributed by atoms with Gasteiger partial charge in [0.15, 0.2) is 5.69 Å². The van der Waals surface area contributed by atoms with Crippen molar-refractivity contribution in [3.63, 3.8) is 0 Å². The molecule has 6 nitrogen and oxygen atoms in total. The van der Waals surface area contributed by atoms with E-state index in [1.807, 2.05) is 6.92 Å². The molecule has 0 amide bonds. The molecule has 6 heteroatoms. The highest BCUT2D eigenvalue weighted by Crippen LogP contribution is 2.18. The first-order chi connectivity index (χ1) is 9.11. The molecule has 0 unspecified atom stereocenters. The topological polar surface area (TPSA) is 84.6 Å². The van der Waals surface area contributed by atoms with Gasteiger partial charge in [0.1, 0.15) is 18.1 Å². The largest absolute Gasteiger partial charge is 0.508 e. The smallest absolute Gasteiger partial charge is 0.354 e. The summed E-state index contributed by atoms with van der Waals surface area (Å²) in [5, 5.41) is 22.3. The maximum absolute atomic E-state index is 11.2. The number of aromatic hydroxyl groups is 1. The maximum Gasteiger partial charge on any atom is 0.354 e. The van der Waals surface area contributed by atoms with E-state index in [-0.39, 0.29) is 18.1 Å². The summed E-state index contributed by atoms with van der Waals surface area (Å²) in [6.07, 6.45) is 1.49. The van der Waals surface area contributed by atoms with E-state index in [1.165, 1.54) is 23.0 Å². The summed E-state index contributed by atoms with van der Waals surface area (Å²) in [6, 6.07) is 6.23. The van der Waals surface area contributed by atoms with E-state index in [9.17, 15) is 4.79 Å². The minimum absolute atomic E-state index is 0.117. The molecule has 1 aromatic heterocycles. The van der Waals surface area contributed by atoms with Crippen molar-refractivity contribution in [1.29, 1.82) is 0 Å². The molecule has 0 saturated carbocycles. The van der Waals surface area contributed by atoms with Crippen molar-refractivity contribution in [1.82, 2.24) is 9.78 Å². The Kier molecular flexibility index (Phi) is 3.70. The molecule has 2 aromatic rings. The molecule has 1 aromatic carbocycles. The maximum atomic E-state index is 11.2. The summed E-state index contributed by atoms with van der Waals surface area (Å²) in [4.78, 5) is 11.2. The highest BCUT2D eigenvalue weighted by molar-refractivity contribution is 5.87. The van der Waals surface area contributed by atoms with Gasteiger partial charge in [-0.25, -0.2) is 4.79 Å². The third-order valence-corrected chi connectivity index (χ3v) is 2.65. The molecule has 2 rings (SSSR count). The molecular formula is C13H14N2O4. The van der Waals surface area contributed by atoms with Gasteiger partial charge in [0, 0.05) is 12.1 Å². The lowest BCUT2D eigenvalue weighted by Crippen LogP contribution is -2.11. The first-order valence-electron chi connectivity index (χ1n) is 5.81. The van der Waals surface area contributed by atoms with Gasteiger partial charge in [0.2, 0.25) is 0 Å². The zero-order chi connectivity index (χ0) is 13.8. The predicted octanol–water partition coefficient (Wildman–Crippen LogP) is 1.89. The van der Waals surface area contributed by atoms with Crippen molar-refractivity contribution in [2.75, 3.05) is 0 Å². The summed E-state index contributed by atoms with van der Waals surface area (Å²) in [5.74, 6) is -0.320. The number of benzene rings is 1. The van der Waals surface area contributed by atoms with E-state index in [1.54, 1.807) is 12.1 Å². The average Bonchev–Trinajstić information content (AvgIpc) is 2.81. The van der Waals surface area contributed by atoms with E-state index in [4.69, 9.17) is 14.9 Å². The number of ether oxygens (including phenoxy) is 1. The van der Waals surface area contributed by atoms with Gasteiger partial charge in [-0.2, -0.15) is 5.10 Å². The Balaban J connectivity index is 2.13. The molecule has 19 heavy (non-hydrogen) atoms. The Morgan fingerprint density at radius 1 is 1.37 bits per heavy atom. The molecule has 0 aliphatic rings. The number of hydrogen-bond acceptors (Lipinski definition) is 4. The van der Waals surface area contributed by atoms with Crippen molar-refractivity contribution in [2.24, 2.45) is 0 Å². The third-order valence-electron chi connectivity index (χ3n) is 2.65. The number of carboxylic acid groups (broad SMARTS) is 1. The third kappa shape index (κ3) is 2.85. The van der Waals surface area contributed by atoms with Crippen molar-refractivity contribution in [2.45, 2.75) is 20.1 Å². The summed E-state index contributed by atoms with van der Waals surface area (Å²) in [6.45, 7) is 2.43. The Morgan fingerprint density at radius 3 is 2.63 bits per heavy atom. The van der Waals surface area contributed by atoms with Gasteiger partial charge in [-0.05, 0) is 31.2 Å². The van der Waals surface area contributed by atoms with Crippen LogP contribution in [0, 0.1) is 0 Å². The second-order valence-electron chi connectivity index (χ2n) is 3.92. The minimum Gasteiger partial charge on any atom is -0.508 e. The van der Waals surface area contributed by atoms with Gasteiger partial charge >= 0.3 is 5.97 Å². The standard InChI is InChI=1S/C13H14N2O4/c1-2-15-12(13(17)18)9(7-14-15)8-19-11-5-3-10(16)4-6-11/h3-7,16H,2,8H2,1H3,(H,17,18).